The van der Waals surface area contributed by atoms with Gasteiger partial charge in [-0.15, -0.1) is 0 Å². The number of likely N-dealkylation sites (tertiary alicyclic amines) is 1. The Bertz CT molecular complexity index is 184. The average molecular weight is 186 g/mol. The lowest BCUT2D eigenvalue weighted by molar-refractivity contribution is -0.119. The summed E-state index contributed by atoms with van der Waals surface area (Å²) >= 11 is 0. The summed E-state index contributed by atoms with van der Waals surface area (Å²) in [5.41, 5.74) is 0. The Balaban J connectivity index is 2.35. The summed E-state index contributed by atoms with van der Waals surface area (Å²) in [6, 6.07) is 0.740. The van der Waals surface area contributed by atoms with Crippen molar-refractivity contribution in [3.05, 3.63) is 0 Å². The maximum absolute atomic E-state index is 10.8. The third kappa shape index (κ3) is 2.97. The fraction of sp³-hybridized carbons (Fsp3) is 0.889. The number of ether oxygens (including phenoxy) is 1. The second-order valence-corrected chi connectivity index (χ2v) is 3.68. The molecule has 0 saturated carbocycles. The molecule has 1 heterocycles. The summed E-state index contributed by atoms with van der Waals surface area (Å²) in [5, 5.41) is 2.92. The van der Waals surface area contributed by atoms with Crippen LogP contribution < -0.4 is 5.32 Å². The Kier molecular flexibility index (Phi) is 3.69. The Morgan fingerprint density at radius 2 is 2.38 bits per heavy atom. The minimum Gasteiger partial charge on any atom is -0.383 e. The van der Waals surface area contributed by atoms with Crippen LogP contribution in [0.1, 0.15) is 13.3 Å². The molecule has 0 aromatic rings. The smallest absolute Gasteiger partial charge is 0.217 e. The summed E-state index contributed by atoms with van der Waals surface area (Å²) in [5.74, 6) is 0.0523. The van der Waals surface area contributed by atoms with E-state index in [0.717, 1.165) is 19.6 Å². The van der Waals surface area contributed by atoms with Gasteiger partial charge < -0.3 is 10.1 Å². The lowest BCUT2D eigenvalue weighted by Gasteiger charge is -2.17. The lowest BCUT2D eigenvalue weighted by atomic mass is 10.2. The summed E-state index contributed by atoms with van der Waals surface area (Å²) in [6.07, 6.45) is 0.990. The number of hydrogen-bond donors (Lipinski definition) is 1. The van der Waals surface area contributed by atoms with Crippen molar-refractivity contribution >= 4 is 5.91 Å². The standard InChI is InChI=1S/C9H18N2O2/c1-7(12)10-8-4-9(6-13-3)11(2)5-8/h8-9H,4-6H2,1-3H3,(H,10,12)/t8-,9+/m1/s1. The van der Waals surface area contributed by atoms with Crippen LogP contribution in [0.2, 0.25) is 0 Å². The normalized spacial score (nSPS) is 29.2. The topological polar surface area (TPSA) is 41.6 Å². The van der Waals surface area contributed by atoms with Gasteiger partial charge in [-0.1, -0.05) is 0 Å². The molecule has 0 aliphatic carbocycles. The number of nitrogens with one attached hydrogen (secondary N) is 1. The third-order valence-corrected chi connectivity index (χ3v) is 2.45. The van der Waals surface area contributed by atoms with Gasteiger partial charge >= 0.3 is 0 Å². The van der Waals surface area contributed by atoms with Crippen molar-refractivity contribution in [1.82, 2.24) is 10.2 Å². The zero-order chi connectivity index (χ0) is 9.84. The van der Waals surface area contributed by atoms with Crippen LogP contribution in [0.5, 0.6) is 0 Å². The van der Waals surface area contributed by atoms with E-state index >= 15 is 0 Å². The van der Waals surface area contributed by atoms with E-state index in [2.05, 4.69) is 17.3 Å². The van der Waals surface area contributed by atoms with Crippen LogP contribution in [0.4, 0.5) is 0 Å². The number of amides is 1. The van der Waals surface area contributed by atoms with E-state index in [1.807, 2.05) is 0 Å². The largest absolute Gasteiger partial charge is 0.383 e. The SMILES string of the molecule is COC[C@@H]1C[C@@H](NC(C)=O)CN1C. The van der Waals surface area contributed by atoms with E-state index in [4.69, 9.17) is 4.74 Å². The van der Waals surface area contributed by atoms with Crippen molar-refractivity contribution < 1.29 is 9.53 Å². The van der Waals surface area contributed by atoms with E-state index in [1.54, 1.807) is 14.0 Å². The molecule has 76 valence electrons. The highest BCUT2D eigenvalue weighted by molar-refractivity contribution is 5.73. The van der Waals surface area contributed by atoms with Crippen molar-refractivity contribution in [3.63, 3.8) is 0 Å². The molecule has 0 bridgehead atoms. The summed E-state index contributed by atoms with van der Waals surface area (Å²) < 4.78 is 5.10. The van der Waals surface area contributed by atoms with E-state index in [-0.39, 0.29) is 5.91 Å². The molecule has 4 nitrogen and oxygen atoms in total. The second kappa shape index (κ2) is 4.58. The molecule has 0 unspecified atom stereocenters. The van der Waals surface area contributed by atoms with Gasteiger partial charge in [0.15, 0.2) is 0 Å². The Morgan fingerprint density at radius 3 is 2.92 bits per heavy atom. The van der Waals surface area contributed by atoms with Crippen molar-refractivity contribution in [1.29, 1.82) is 0 Å². The van der Waals surface area contributed by atoms with Crippen LogP contribution in [0.15, 0.2) is 0 Å². The molecule has 2 atom stereocenters. The minimum absolute atomic E-state index is 0.0523. The zero-order valence-corrected chi connectivity index (χ0v) is 8.54. The van der Waals surface area contributed by atoms with E-state index in [9.17, 15) is 4.79 Å². The first-order valence-electron chi connectivity index (χ1n) is 4.59. The Morgan fingerprint density at radius 1 is 1.69 bits per heavy atom. The van der Waals surface area contributed by atoms with Gasteiger partial charge in [-0.05, 0) is 13.5 Å². The maximum Gasteiger partial charge on any atom is 0.217 e. The predicted molar refractivity (Wildman–Crippen MR) is 50.5 cm³/mol. The monoisotopic (exact) mass is 186 g/mol. The van der Waals surface area contributed by atoms with Crippen molar-refractivity contribution in [3.8, 4) is 0 Å². The quantitative estimate of drug-likeness (QED) is 0.666. The summed E-state index contributed by atoms with van der Waals surface area (Å²) in [7, 11) is 3.77. The summed E-state index contributed by atoms with van der Waals surface area (Å²) in [6.45, 7) is 3.23. The Labute approximate surface area is 79.2 Å². The van der Waals surface area contributed by atoms with Gasteiger partial charge in [0.1, 0.15) is 0 Å². The molecule has 0 spiro atoms. The number of likely N-dealkylation sites (N-methyl/N-ethyl adjacent to an activating group) is 1. The fourth-order valence-corrected chi connectivity index (χ4v) is 1.86. The van der Waals surface area contributed by atoms with E-state index < -0.39 is 0 Å². The van der Waals surface area contributed by atoms with Gasteiger partial charge in [-0.25, -0.2) is 0 Å². The third-order valence-electron chi connectivity index (χ3n) is 2.45. The van der Waals surface area contributed by atoms with Gasteiger partial charge in [0.25, 0.3) is 0 Å². The molecule has 1 saturated heterocycles. The molecule has 1 aliphatic rings. The highest BCUT2D eigenvalue weighted by atomic mass is 16.5. The van der Waals surface area contributed by atoms with Gasteiger partial charge in [-0.2, -0.15) is 0 Å². The lowest BCUT2D eigenvalue weighted by Crippen LogP contribution is -2.34. The molecule has 0 aromatic carbocycles. The van der Waals surface area contributed by atoms with Crippen molar-refractivity contribution in [2.75, 3.05) is 27.3 Å². The molecule has 1 aliphatic heterocycles. The molecule has 13 heavy (non-hydrogen) atoms. The number of carbonyl (C=O) groups is 1. The molecule has 1 rings (SSSR count). The first-order valence-corrected chi connectivity index (χ1v) is 4.59. The van der Waals surface area contributed by atoms with Crippen molar-refractivity contribution in [2.24, 2.45) is 0 Å². The highest BCUT2D eigenvalue weighted by Gasteiger charge is 2.29. The first-order chi connectivity index (χ1) is 6.13. The van der Waals surface area contributed by atoms with Gasteiger partial charge in [-0.3, -0.25) is 9.69 Å². The van der Waals surface area contributed by atoms with E-state index in [1.165, 1.54) is 0 Å². The van der Waals surface area contributed by atoms with Crippen LogP contribution in [0.25, 0.3) is 0 Å². The number of methoxy groups -OCH3 is 1. The molecular formula is C9H18N2O2. The average Bonchev–Trinajstić information content (AvgIpc) is 2.31. The Hall–Kier alpha value is -0.610. The molecular weight excluding hydrogens is 168 g/mol. The van der Waals surface area contributed by atoms with Gasteiger partial charge in [0.05, 0.1) is 6.61 Å². The number of hydrogen-bond acceptors (Lipinski definition) is 3. The number of carbonyl (C=O) groups excluding carboxylic acids is 1. The number of nitrogens with zero attached hydrogens (tertiary/aromatic N) is 1. The molecule has 1 N–H and O–H groups in total. The van der Waals surface area contributed by atoms with E-state index in [0.29, 0.717) is 12.1 Å². The fourth-order valence-electron chi connectivity index (χ4n) is 1.86. The molecule has 1 amide bonds. The molecule has 1 fully saturated rings. The molecule has 4 heteroatoms. The highest BCUT2D eigenvalue weighted by Crippen LogP contribution is 2.15. The van der Waals surface area contributed by atoms with Crippen LogP contribution in [-0.4, -0.2) is 50.2 Å². The van der Waals surface area contributed by atoms with Gasteiger partial charge in [0.2, 0.25) is 5.91 Å². The minimum atomic E-state index is 0.0523. The zero-order valence-electron chi connectivity index (χ0n) is 8.54. The predicted octanol–water partition coefficient (Wildman–Crippen LogP) is -0.158. The second-order valence-electron chi connectivity index (χ2n) is 3.68. The van der Waals surface area contributed by atoms with Crippen LogP contribution >= 0.6 is 0 Å². The maximum atomic E-state index is 10.8. The van der Waals surface area contributed by atoms with Crippen molar-refractivity contribution in [2.45, 2.75) is 25.4 Å². The molecule has 0 aromatic heterocycles. The molecule has 0 radical (unpaired) electrons. The van der Waals surface area contributed by atoms with Crippen LogP contribution in [0, 0.1) is 0 Å². The van der Waals surface area contributed by atoms with Crippen LogP contribution in [-0.2, 0) is 9.53 Å². The van der Waals surface area contributed by atoms with Gasteiger partial charge in [0, 0.05) is 32.7 Å². The first kappa shape index (κ1) is 10.5. The van der Waals surface area contributed by atoms with Crippen LogP contribution in [0.3, 0.4) is 0 Å². The number of rotatable bonds is 3. The summed E-state index contributed by atoms with van der Waals surface area (Å²) in [4.78, 5) is 13.0.